The van der Waals surface area contributed by atoms with E-state index < -0.39 is 11.2 Å². The molecule has 0 saturated carbocycles. The van der Waals surface area contributed by atoms with Crippen molar-refractivity contribution in [1.82, 2.24) is 0 Å². The average molecular weight is 158 g/mol. The van der Waals surface area contributed by atoms with Crippen LogP contribution in [0.3, 0.4) is 0 Å². The van der Waals surface area contributed by atoms with Crippen LogP contribution >= 0.6 is 0 Å². The Hall–Kier alpha value is -0.340. The lowest BCUT2D eigenvalue weighted by Gasteiger charge is -2.22. The van der Waals surface area contributed by atoms with Crippen LogP contribution in [0.2, 0.25) is 0 Å². The summed E-state index contributed by atoms with van der Waals surface area (Å²) in [6.45, 7) is 8.57. The number of hydrogen-bond donors (Lipinski definition) is 2. The highest BCUT2D eigenvalue weighted by atomic mass is 16.3. The Bertz CT molecular complexity index is 155. The molecule has 0 aliphatic carbocycles. The van der Waals surface area contributed by atoms with Crippen molar-refractivity contribution in [2.45, 2.75) is 45.8 Å². The second-order valence-electron chi connectivity index (χ2n) is 4.04. The number of aliphatic hydroxyl groups is 2. The molecule has 0 radical (unpaired) electrons. The van der Waals surface area contributed by atoms with Crippen molar-refractivity contribution in [3.05, 3.63) is 11.6 Å². The van der Waals surface area contributed by atoms with Gasteiger partial charge in [0, 0.05) is 0 Å². The molecule has 0 heterocycles. The van der Waals surface area contributed by atoms with Gasteiger partial charge >= 0.3 is 0 Å². The zero-order chi connectivity index (χ0) is 9.28. The van der Waals surface area contributed by atoms with Gasteiger partial charge in [0.25, 0.3) is 0 Å². The molecule has 2 nitrogen and oxygen atoms in total. The van der Waals surface area contributed by atoms with E-state index in [9.17, 15) is 10.2 Å². The van der Waals surface area contributed by atoms with E-state index in [2.05, 4.69) is 0 Å². The molecule has 0 spiro atoms. The van der Waals surface area contributed by atoms with Crippen LogP contribution in [0.25, 0.3) is 0 Å². The predicted octanol–water partition coefficient (Wildman–Crippen LogP) is 1.47. The normalized spacial score (nSPS) is 15.4. The summed E-state index contributed by atoms with van der Waals surface area (Å²) >= 11 is 0. The van der Waals surface area contributed by atoms with Gasteiger partial charge in [0.1, 0.15) is 0 Å². The van der Waals surface area contributed by atoms with E-state index in [1.54, 1.807) is 40.7 Å². The lowest BCUT2D eigenvalue weighted by Crippen LogP contribution is -2.24. The molecule has 66 valence electrons. The van der Waals surface area contributed by atoms with Crippen molar-refractivity contribution in [2.75, 3.05) is 0 Å². The van der Waals surface area contributed by atoms with E-state index in [4.69, 9.17) is 0 Å². The molecule has 2 N–H and O–H groups in total. The SMILES string of the molecule is CC(=CC(C)(C)O)C(C)(C)O. The third-order valence-electron chi connectivity index (χ3n) is 1.53. The van der Waals surface area contributed by atoms with Crippen LogP contribution in [0.1, 0.15) is 34.6 Å². The second-order valence-corrected chi connectivity index (χ2v) is 4.04. The van der Waals surface area contributed by atoms with Gasteiger partial charge in [-0.1, -0.05) is 6.08 Å². The zero-order valence-corrected chi connectivity index (χ0v) is 7.97. The minimum absolute atomic E-state index is 0.782. The average Bonchev–Trinajstić information content (AvgIpc) is 1.56. The van der Waals surface area contributed by atoms with Crippen molar-refractivity contribution in [2.24, 2.45) is 0 Å². The summed E-state index contributed by atoms with van der Waals surface area (Å²) in [5, 5.41) is 18.8. The van der Waals surface area contributed by atoms with E-state index in [-0.39, 0.29) is 0 Å². The van der Waals surface area contributed by atoms with Gasteiger partial charge in [-0.05, 0) is 40.2 Å². The Labute approximate surface area is 68.6 Å². The highest BCUT2D eigenvalue weighted by Crippen LogP contribution is 2.18. The highest BCUT2D eigenvalue weighted by molar-refractivity contribution is 5.14. The molecule has 0 aliphatic heterocycles. The second kappa shape index (κ2) is 2.95. The maximum absolute atomic E-state index is 9.47. The summed E-state index contributed by atoms with van der Waals surface area (Å²) in [5.74, 6) is 0. The largest absolute Gasteiger partial charge is 0.386 e. The van der Waals surface area contributed by atoms with E-state index in [1.165, 1.54) is 0 Å². The molecular weight excluding hydrogens is 140 g/mol. The molecule has 0 fully saturated rings. The van der Waals surface area contributed by atoms with Gasteiger partial charge in [-0.25, -0.2) is 0 Å². The first-order valence-corrected chi connectivity index (χ1v) is 3.77. The molecule has 0 aromatic carbocycles. The smallest absolute Gasteiger partial charge is 0.0799 e. The Morgan fingerprint density at radius 3 is 1.55 bits per heavy atom. The third kappa shape index (κ3) is 4.99. The summed E-state index contributed by atoms with van der Waals surface area (Å²) < 4.78 is 0. The zero-order valence-electron chi connectivity index (χ0n) is 7.97. The molecule has 0 aliphatic rings. The first-order valence-electron chi connectivity index (χ1n) is 3.77. The Kier molecular flexibility index (Phi) is 2.86. The number of hydrogen-bond acceptors (Lipinski definition) is 2. The van der Waals surface area contributed by atoms with Crippen molar-refractivity contribution in [3.8, 4) is 0 Å². The minimum Gasteiger partial charge on any atom is -0.386 e. The van der Waals surface area contributed by atoms with Gasteiger partial charge < -0.3 is 10.2 Å². The van der Waals surface area contributed by atoms with Gasteiger partial charge in [-0.15, -0.1) is 0 Å². The maximum Gasteiger partial charge on any atom is 0.0799 e. The van der Waals surface area contributed by atoms with Gasteiger partial charge in [0.2, 0.25) is 0 Å². The van der Waals surface area contributed by atoms with Crippen LogP contribution < -0.4 is 0 Å². The molecular formula is C9H18O2. The summed E-state index contributed by atoms with van der Waals surface area (Å²) in [6.07, 6.45) is 1.66. The van der Waals surface area contributed by atoms with Crippen LogP contribution in [-0.4, -0.2) is 21.4 Å². The standard InChI is InChI=1S/C9H18O2/c1-7(9(4,5)11)6-8(2,3)10/h6,10-11H,1-5H3. The van der Waals surface area contributed by atoms with Crippen molar-refractivity contribution in [1.29, 1.82) is 0 Å². The molecule has 0 saturated heterocycles. The summed E-state index contributed by atoms with van der Waals surface area (Å²) in [7, 11) is 0. The first-order chi connectivity index (χ1) is 4.63. The molecule has 0 amide bonds. The topological polar surface area (TPSA) is 40.5 Å². The molecule has 2 heteroatoms. The molecule has 0 atom stereocenters. The van der Waals surface area contributed by atoms with E-state index in [0.29, 0.717) is 0 Å². The van der Waals surface area contributed by atoms with Crippen LogP contribution in [0.5, 0.6) is 0 Å². The van der Waals surface area contributed by atoms with Crippen molar-refractivity contribution < 1.29 is 10.2 Å². The Balaban J connectivity index is 4.49. The molecule has 0 unspecified atom stereocenters. The molecule has 11 heavy (non-hydrogen) atoms. The van der Waals surface area contributed by atoms with Crippen LogP contribution in [0, 0.1) is 0 Å². The fraction of sp³-hybridized carbons (Fsp3) is 0.778. The highest BCUT2D eigenvalue weighted by Gasteiger charge is 2.18. The molecule has 0 bridgehead atoms. The predicted molar refractivity (Wildman–Crippen MR) is 46.4 cm³/mol. The van der Waals surface area contributed by atoms with Gasteiger partial charge in [-0.2, -0.15) is 0 Å². The third-order valence-corrected chi connectivity index (χ3v) is 1.53. The fourth-order valence-electron chi connectivity index (χ4n) is 0.706. The van der Waals surface area contributed by atoms with Crippen molar-refractivity contribution in [3.63, 3.8) is 0 Å². The fourth-order valence-corrected chi connectivity index (χ4v) is 0.706. The summed E-state index contributed by atoms with van der Waals surface area (Å²) in [6, 6.07) is 0. The molecule has 0 aromatic heterocycles. The lowest BCUT2D eigenvalue weighted by atomic mass is 9.95. The quantitative estimate of drug-likeness (QED) is 0.597. The molecule has 0 rings (SSSR count). The summed E-state index contributed by atoms with van der Waals surface area (Å²) in [5.41, 5.74) is -0.894. The Morgan fingerprint density at radius 2 is 1.45 bits per heavy atom. The van der Waals surface area contributed by atoms with Crippen LogP contribution in [0.15, 0.2) is 11.6 Å². The van der Waals surface area contributed by atoms with Crippen LogP contribution in [-0.2, 0) is 0 Å². The number of rotatable bonds is 2. The van der Waals surface area contributed by atoms with Crippen molar-refractivity contribution >= 4 is 0 Å². The van der Waals surface area contributed by atoms with E-state index in [1.807, 2.05) is 0 Å². The van der Waals surface area contributed by atoms with Gasteiger partial charge in [0.05, 0.1) is 11.2 Å². The first kappa shape index (κ1) is 10.7. The monoisotopic (exact) mass is 158 g/mol. The Morgan fingerprint density at radius 1 is 1.09 bits per heavy atom. The summed E-state index contributed by atoms with van der Waals surface area (Å²) in [4.78, 5) is 0. The van der Waals surface area contributed by atoms with Gasteiger partial charge in [0.15, 0.2) is 0 Å². The lowest BCUT2D eigenvalue weighted by molar-refractivity contribution is 0.104. The molecule has 0 aromatic rings. The van der Waals surface area contributed by atoms with E-state index in [0.717, 1.165) is 5.57 Å². The van der Waals surface area contributed by atoms with E-state index >= 15 is 0 Å². The maximum atomic E-state index is 9.47. The van der Waals surface area contributed by atoms with Crippen LogP contribution in [0.4, 0.5) is 0 Å². The van der Waals surface area contributed by atoms with Gasteiger partial charge in [-0.3, -0.25) is 0 Å². The minimum atomic E-state index is -0.843.